The summed E-state index contributed by atoms with van der Waals surface area (Å²) < 4.78 is 7.03. The zero-order valence-electron chi connectivity index (χ0n) is 10.5. The molecule has 0 unspecified atom stereocenters. The molecule has 0 saturated heterocycles. The number of nitrogens with two attached hydrogens (primary N) is 1. The number of rotatable bonds is 1. The minimum absolute atomic E-state index is 0.159. The average Bonchev–Trinajstić information content (AvgIpc) is 2.77. The van der Waals surface area contributed by atoms with Crippen molar-refractivity contribution < 1.29 is 9.53 Å². The number of aromatic nitrogens is 2. The van der Waals surface area contributed by atoms with Gasteiger partial charge in [0.05, 0.1) is 24.1 Å². The van der Waals surface area contributed by atoms with Crippen molar-refractivity contribution in [3.63, 3.8) is 0 Å². The van der Waals surface area contributed by atoms with Crippen LogP contribution in [0.25, 0.3) is 0 Å². The normalized spacial score (nSPS) is 13.8. The lowest BCUT2D eigenvalue weighted by Gasteiger charge is -2.29. The van der Waals surface area contributed by atoms with Crippen molar-refractivity contribution >= 4 is 17.3 Å². The van der Waals surface area contributed by atoms with Gasteiger partial charge in [-0.25, -0.2) is 0 Å². The van der Waals surface area contributed by atoms with Gasteiger partial charge in [-0.1, -0.05) is 12.1 Å². The maximum atomic E-state index is 12.6. The van der Waals surface area contributed by atoms with E-state index in [4.69, 9.17) is 10.5 Å². The summed E-state index contributed by atoms with van der Waals surface area (Å²) in [4.78, 5) is 14.3. The van der Waals surface area contributed by atoms with Gasteiger partial charge in [0.1, 0.15) is 18.1 Å². The summed E-state index contributed by atoms with van der Waals surface area (Å²) >= 11 is 0. The van der Waals surface area contributed by atoms with E-state index in [9.17, 15) is 4.79 Å². The topological polar surface area (TPSA) is 73.4 Å². The number of aryl methyl sites for hydroxylation is 1. The summed E-state index contributed by atoms with van der Waals surface area (Å²) in [5.41, 5.74) is 7.36. The van der Waals surface area contributed by atoms with Crippen LogP contribution in [0.2, 0.25) is 0 Å². The van der Waals surface area contributed by atoms with E-state index in [2.05, 4.69) is 5.10 Å². The first kappa shape index (κ1) is 11.6. The molecule has 6 nitrogen and oxygen atoms in total. The van der Waals surface area contributed by atoms with Crippen LogP contribution in [0, 0.1) is 0 Å². The Morgan fingerprint density at radius 1 is 1.42 bits per heavy atom. The Hall–Kier alpha value is -2.50. The summed E-state index contributed by atoms with van der Waals surface area (Å²) in [6.45, 7) is 0.973. The summed E-state index contributed by atoms with van der Waals surface area (Å²) in [6, 6.07) is 7.46. The lowest BCUT2D eigenvalue weighted by atomic mass is 10.2. The Morgan fingerprint density at radius 3 is 2.95 bits per heavy atom. The highest BCUT2D eigenvalue weighted by Gasteiger charge is 2.27. The molecule has 0 spiro atoms. The maximum absolute atomic E-state index is 12.6. The fourth-order valence-electron chi connectivity index (χ4n) is 2.22. The molecule has 1 amide bonds. The number of amides is 1. The monoisotopic (exact) mass is 258 g/mol. The highest BCUT2D eigenvalue weighted by molar-refractivity contribution is 6.08. The summed E-state index contributed by atoms with van der Waals surface area (Å²) in [5.74, 6) is 0.552. The van der Waals surface area contributed by atoms with E-state index in [1.165, 1.54) is 10.9 Å². The lowest BCUT2D eigenvalue weighted by molar-refractivity contribution is 0.0968. The van der Waals surface area contributed by atoms with E-state index < -0.39 is 0 Å². The van der Waals surface area contributed by atoms with E-state index in [1.807, 2.05) is 24.3 Å². The van der Waals surface area contributed by atoms with Gasteiger partial charge >= 0.3 is 0 Å². The first-order valence-electron chi connectivity index (χ1n) is 5.99. The number of para-hydroxylation sites is 2. The number of anilines is 2. The number of hydrogen-bond donors (Lipinski definition) is 1. The molecule has 0 bridgehead atoms. The van der Waals surface area contributed by atoms with E-state index in [-0.39, 0.29) is 5.91 Å². The van der Waals surface area contributed by atoms with Gasteiger partial charge < -0.3 is 15.4 Å². The predicted octanol–water partition coefficient (Wildman–Crippen LogP) is 1.04. The summed E-state index contributed by atoms with van der Waals surface area (Å²) in [7, 11) is 1.70. The molecule has 19 heavy (non-hydrogen) atoms. The highest BCUT2D eigenvalue weighted by atomic mass is 16.5. The van der Waals surface area contributed by atoms with Crippen LogP contribution in [-0.2, 0) is 7.05 Å². The fourth-order valence-corrected chi connectivity index (χ4v) is 2.22. The van der Waals surface area contributed by atoms with E-state index >= 15 is 0 Å². The second-order valence-electron chi connectivity index (χ2n) is 4.35. The van der Waals surface area contributed by atoms with E-state index in [0.717, 1.165) is 5.69 Å². The van der Waals surface area contributed by atoms with Crippen molar-refractivity contribution in [2.75, 3.05) is 23.8 Å². The van der Waals surface area contributed by atoms with Crippen LogP contribution < -0.4 is 15.4 Å². The quantitative estimate of drug-likeness (QED) is 0.829. The van der Waals surface area contributed by atoms with Crippen molar-refractivity contribution in [3.8, 4) is 5.75 Å². The second-order valence-corrected chi connectivity index (χ2v) is 4.35. The minimum Gasteiger partial charge on any atom is -0.490 e. The number of hydrogen-bond acceptors (Lipinski definition) is 4. The summed E-state index contributed by atoms with van der Waals surface area (Å²) in [6.07, 6.45) is 1.49. The Bertz CT molecular complexity index is 616. The Morgan fingerprint density at radius 2 is 2.21 bits per heavy atom. The van der Waals surface area contributed by atoms with Crippen LogP contribution in [0.5, 0.6) is 5.75 Å². The third kappa shape index (κ3) is 1.81. The van der Waals surface area contributed by atoms with Crippen molar-refractivity contribution in [1.29, 1.82) is 0 Å². The van der Waals surface area contributed by atoms with Crippen LogP contribution >= 0.6 is 0 Å². The molecule has 1 aliphatic heterocycles. The Labute approximate surface area is 110 Å². The molecule has 1 aromatic heterocycles. The zero-order chi connectivity index (χ0) is 13.4. The number of nitrogens with zero attached hydrogens (tertiary/aromatic N) is 3. The van der Waals surface area contributed by atoms with Gasteiger partial charge in [0.2, 0.25) is 0 Å². The maximum Gasteiger partial charge on any atom is 0.278 e. The molecule has 0 aliphatic carbocycles. The van der Waals surface area contributed by atoms with Gasteiger partial charge in [0.25, 0.3) is 5.91 Å². The smallest absolute Gasteiger partial charge is 0.278 e. The van der Waals surface area contributed by atoms with Crippen LogP contribution in [0.15, 0.2) is 30.5 Å². The molecule has 2 heterocycles. The van der Waals surface area contributed by atoms with Gasteiger partial charge in [-0.3, -0.25) is 9.48 Å². The number of benzene rings is 1. The zero-order valence-corrected chi connectivity index (χ0v) is 10.5. The Balaban J connectivity index is 2.03. The average molecular weight is 258 g/mol. The number of nitrogen functional groups attached to an aromatic ring is 1. The molecule has 2 aromatic rings. The van der Waals surface area contributed by atoms with Gasteiger partial charge in [-0.15, -0.1) is 0 Å². The molecule has 0 fully saturated rings. The van der Waals surface area contributed by atoms with Crippen LogP contribution in [0.4, 0.5) is 11.4 Å². The molecule has 98 valence electrons. The van der Waals surface area contributed by atoms with Crippen LogP contribution in [0.1, 0.15) is 10.5 Å². The fraction of sp³-hybridized carbons (Fsp3) is 0.231. The first-order chi connectivity index (χ1) is 9.18. The lowest BCUT2D eigenvalue weighted by Crippen LogP contribution is -2.39. The van der Waals surface area contributed by atoms with E-state index in [1.54, 1.807) is 11.9 Å². The van der Waals surface area contributed by atoms with Crippen molar-refractivity contribution in [2.45, 2.75) is 0 Å². The van der Waals surface area contributed by atoms with Crippen LogP contribution in [0.3, 0.4) is 0 Å². The standard InChI is InChI=1S/C13H14N4O2/c1-16-12(9(14)8-15-16)13(18)17-6-7-19-11-5-3-2-4-10(11)17/h2-5,8H,6-7,14H2,1H3. The molecule has 3 rings (SSSR count). The second kappa shape index (κ2) is 4.31. The third-order valence-corrected chi connectivity index (χ3v) is 3.14. The molecule has 1 aromatic carbocycles. The highest BCUT2D eigenvalue weighted by Crippen LogP contribution is 2.32. The van der Waals surface area contributed by atoms with E-state index in [0.29, 0.717) is 30.3 Å². The van der Waals surface area contributed by atoms with Gasteiger partial charge in [-0.2, -0.15) is 5.10 Å². The number of fused-ring (bicyclic) bond motifs is 1. The minimum atomic E-state index is -0.159. The van der Waals surface area contributed by atoms with Crippen LogP contribution in [-0.4, -0.2) is 28.8 Å². The molecule has 6 heteroatoms. The first-order valence-corrected chi connectivity index (χ1v) is 5.99. The van der Waals surface area contributed by atoms with Gasteiger partial charge in [-0.05, 0) is 12.1 Å². The Kier molecular flexibility index (Phi) is 2.63. The van der Waals surface area contributed by atoms with Crippen molar-refractivity contribution in [1.82, 2.24) is 9.78 Å². The SMILES string of the molecule is Cn1ncc(N)c1C(=O)N1CCOc2ccccc21. The number of carbonyl (C=O) groups excluding carboxylic acids is 1. The number of ether oxygens (including phenoxy) is 1. The third-order valence-electron chi connectivity index (χ3n) is 3.14. The van der Waals surface area contributed by atoms with Crippen molar-refractivity contribution in [3.05, 3.63) is 36.2 Å². The molecule has 0 radical (unpaired) electrons. The van der Waals surface area contributed by atoms with Crippen molar-refractivity contribution in [2.24, 2.45) is 7.05 Å². The summed E-state index contributed by atoms with van der Waals surface area (Å²) in [5, 5.41) is 4.00. The van der Waals surface area contributed by atoms with Gasteiger partial charge in [0.15, 0.2) is 0 Å². The molecular formula is C13H14N4O2. The molecular weight excluding hydrogens is 244 g/mol. The molecule has 0 saturated carbocycles. The predicted molar refractivity (Wildman–Crippen MR) is 71.2 cm³/mol. The largest absolute Gasteiger partial charge is 0.490 e. The molecule has 1 aliphatic rings. The molecule has 0 atom stereocenters. The van der Waals surface area contributed by atoms with Gasteiger partial charge in [0, 0.05) is 7.05 Å². The molecule has 2 N–H and O–H groups in total. The number of carbonyl (C=O) groups is 1.